The van der Waals surface area contributed by atoms with Crippen molar-refractivity contribution in [3.63, 3.8) is 0 Å². The monoisotopic (exact) mass is 293 g/mol. The van der Waals surface area contributed by atoms with Crippen LogP contribution in [-0.2, 0) is 0 Å². The van der Waals surface area contributed by atoms with E-state index in [1.165, 1.54) is 11.8 Å². The van der Waals surface area contributed by atoms with Gasteiger partial charge in [-0.05, 0) is 25.3 Å². The number of hydrazone groups is 1. The van der Waals surface area contributed by atoms with E-state index in [9.17, 15) is 0 Å². The number of hydrogen-bond donors (Lipinski definition) is 1. The van der Waals surface area contributed by atoms with Crippen molar-refractivity contribution >= 4 is 34.8 Å². The van der Waals surface area contributed by atoms with Crippen LogP contribution in [0.3, 0.4) is 0 Å². The number of para-hydroxylation sites is 1. The Morgan fingerprint density at radius 1 is 1.37 bits per heavy atom. The zero-order valence-electron chi connectivity index (χ0n) is 10.5. The minimum atomic E-state index is 0.615. The Labute approximate surface area is 120 Å². The van der Waals surface area contributed by atoms with E-state index in [-0.39, 0.29) is 0 Å². The van der Waals surface area contributed by atoms with Gasteiger partial charge in [0.1, 0.15) is 5.69 Å². The van der Waals surface area contributed by atoms with Crippen molar-refractivity contribution in [1.29, 1.82) is 0 Å². The van der Waals surface area contributed by atoms with Gasteiger partial charge in [0.25, 0.3) is 0 Å². The van der Waals surface area contributed by atoms with Crippen LogP contribution in [0.25, 0.3) is 0 Å². The average molecular weight is 294 g/mol. The molecule has 0 saturated carbocycles. The predicted octanol–water partition coefficient (Wildman–Crippen LogP) is 3.08. The lowest BCUT2D eigenvalue weighted by atomic mass is 10.3. The summed E-state index contributed by atoms with van der Waals surface area (Å²) in [5.41, 5.74) is 5.05. The molecule has 0 fully saturated rings. The van der Waals surface area contributed by atoms with Gasteiger partial charge in [-0.25, -0.2) is 4.98 Å². The third kappa shape index (κ3) is 3.65. The smallest absolute Gasteiger partial charge is 0.209 e. The number of rotatable bonds is 4. The van der Waals surface area contributed by atoms with Gasteiger partial charge in [-0.1, -0.05) is 35.5 Å². The number of benzene rings is 1. The number of thioether (sulfide) groups is 1. The van der Waals surface area contributed by atoms with Crippen LogP contribution in [0.2, 0.25) is 5.02 Å². The van der Waals surface area contributed by atoms with Gasteiger partial charge in [0, 0.05) is 0 Å². The molecule has 7 heteroatoms. The third-order valence-electron chi connectivity index (χ3n) is 2.31. The Morgan fingerprint density at radius 2 is 2.16 bits per heavy atom. The lowest BCUT2D eigenvalue weighted by Crippen LogP contribution is -2.05. The summed E-state index contributed by atoms with van der Waals surface area (Å²) in [5.74, 6) is 0. The van der Waals surface area contributed by atoms with Gasteiger partial charge in [-0.3, -0.25) is 5.43 Å². The van der Waals surface area contributed by atoms with E-state index in [0.29, 0.717) is 21.6 Å². The molecule has 0 bridgehead atoms. The van der Waals surface area contributed by atoms with Crippen LogP contribution in [0.15, 0.2) is 40.7 Å². The van der Waals surface area contributed by atoms with Crippen molar-refractivity contribution in [3.8, 4) is 0 Å². The number of anilines is 1. The second-order valence-corrected chi connectivity index (χ2v) is 4.80. The SMILES string of the molecule is CSc1nncc(C(C)=NNc2ccccc2Cl)n1. The van der Waals surface area contributed by atoms with E-state index in [4.69, 9.17) is 11.6 Å². The molecule has 0 spiro atoms. The van der Waals surface area contributed by atoms with E-state index >= 15 is 0 Å². The first-order valence-electron chi connectivity index (χ1n) is 5.49. The van der Waals surface area contributed by atoms with Gasteiger partial charge in [-0.2, -0.15) is 10.2 Å². The van der Waals surface area contributed by atoms with Crippen molar-refractivity contribution in [2.24, 2.45) is 5.10 Å². The van der Waals surface area contributed by atoms with E-state index < -0.39 is 0 Å². The number of hydrogen-bond acceptors (Lipinski definition) is 6. The molecule has 1 aromatic carbocycles. The van der Waals surface area contributed by atoms with E-state index in [1.54, 1.807) is 12.3 Å². The van der Waals surface area contributed by atoms with E-state index in [2.05, 4.69) is 25.7 Å². The first-order chi connectivity index (χ1) is 9.20. The molecule has 98 valence electrons. The fraction of sp³-hybridized carbons (Fsp3) is 0.167. The molecule has 0 atom stereocenters. The highest BCUT2D eigenvalue weighted by Crippen LogP contribution is 2.20. The summed E-state index contributed by atoms with van der Waals surface area (Å²) in [6.45, 7) is 1.85. The summed E-state index contributed by atoms with van der Waals surface area (Å²) in [4.78, 5) is 4.31. The Hall–Kier alpha value is -1.66. The number of nitrogens with one attached hydrogen (secondary N) is 1. The lowest BCUT2D eigenvalue weighted by Gasteiger charge is -2.04. The zero-order chi connectivity index (χ0) is 13.7. The highest BCUT2D eigenvalue weighted by molar-refractivity contribution is 7.98. The maximum absolute atomic E-state index is 6.03. The van der Waals surface area contributed by atoms with Crippen molar-refractivity contribution in [2.45, 2.75) is 12.1 Å². The van der Waals surface area contributed by atoms with Crippen LogP contribution in [0, 0.1) is 0 Å². The summed E-state index contributed by atoms with van der Waals surface area (Å²) in [6, 6.07) is 7.40. The fourth-order valence-electron chi connectivity index (χ4n) is 1.30. The first kappa shape index (κ1) is 13.8. The third-order valence-corrected chi connectivity index (χ3v) is 3.18. The highest BCUT2D eigenvalue weighted by Gasteiger charge is 2.03. The molecule has 0 aliphatic rings. The second kappa shape index (κ2) is 6.49. The Morgan fingerprint density at radius 3 is 2.89 bits per heavy atom. The summed E-state index contributed by atoms with van der Waals surface area (Å²) >= 11 is 7.46. The van der Waals surface area contributed by atoms with Crippen LogP contribution >= 0.6 is 23.4 Å². The minimum absolute atomic E-state index is 0.615. The predicted molar refractivity (Wildman–Crippen MR) is 78.9 cm³/mol. The Bertz CT molecular complexity index is 602. The van der Waals surface area contributed by atoms with Crippen LogP contribution in [-0.4, -0.2) is 27.1 Å². The second-order valence-electron chi connectivity index (χ2n) is 3.62. The maximum atomic E-state index is 6.03. The van der Waals surface area contributed by atoms with Crippen LogP contribution in [0.1, 0.15) is 12.6 Å². The first-order valence-corrected chi connectivity index (χ1v) is 7.10. The van der Waals surface area contributed by atoms with E-state index in [1.807, 2.05) is 31.4 Å². The summed E-state index contributed by atoms with van der Waals surface area (Å²) < 4.78 is 0. The largest absolute Gasteiger partial charge is 0.277 e. The molecule has 1 N–H and O–H groups in total. The van der Waals surface area contributed by atoms with Gasteiger partial charge < -0.3 is 0 Å². The summed E-state index contributed by atoms with van der Waals surface area (Å²) in [7, 11) is 0. The zero-order valence-corrected chi connectivity index (χ0v) is 12.0. The summed E-state index contributed by atoms with van der Waals surface area (Å²) in [6.07, 6.45) is 3.47. The maximum Gasteiger partial charge on any atom is 0.209 e. The van der Waals surface area contributed by atoms with Crippen LogP contribution < -0.4 is 5.43 Å². The molecule has 0 aliphatic heterocycles. The van der Waals surface area contributed by atoms with Crippen molar-refractivity contribution < 1.29 is 0 Å². The van der Waals surface area contributed by atoms with E-state index in [0.717, 1.165) is 5.69 Å². The molecular formula is C12H12ClN5S. The molecular weight excluding hydrogens is 282 g/mol. The highest BCUT2D eigenvalue weighted by atomic mass is 35.5. The molecule has 0 radical (unpaired) electrons. The molecule has 1 aromatic heterocycles. The molecule has 2 rings (SSSR count). The van der Waals surface area contributed by atoms with Crippen LogP contribution in [0.5, 0.6) is 0 Å². The summed E-state index contributed by atoms with van der Waals surface area (Å²) in [5, 5.41) is 13.2. The normalized spacial score (nSPS) is 11.4. The van der Waals surface area contributed by atoms with Gasteiger partial charge in [0.2, 0.25) is 5.16 Å². The average Bonchev–Trinajstić information content (AvgIpc) is 2.46. The molecule has 2 aromatic rings. The quantitative estimate of drug-likeness (QED) is 0.533. The molecule has 19 heavy (non-hydrogen) atoms. The van der Waals surface area contributed by atoms with Crippen molar-refractivity contribution in [2.75, 3.05) is 11.7 Å². The van der Waals surface area contributed by atoms with Gasteiger partial charge in [-0.15, -0.1) is 5.10 Å². The van der Waals surface area contributed by atoms with Gasteiger partial charge in [0.05, 0.1) is 22.6 Å². The van der Waals surface area contributed by atoms with Crippen molar-refractivity contribution in [3.05, 3.63) is 41.2 Å². The minimum Gasteiger partial charge on any atom is -0.277 e. The molecule has 0 saturated heterocycles. The number of nitrogens with zero attached hydrogens (tertiary/aromatic N) is 4. The Balaban J connectivity index is 2.17. The standard InChI is InChI=1S/C12H12ClN5S/c1-8(11-7-14-18-12(15-11)19-2)16-17-10-6-4-3-5-9(10)13/h3-7,17H,1-2H3. The molecule has 1 heterocycles. The molecule has 0 unspecified atom stereocenters. The molecule has 0 aliphatic carbocycles. The van der Waals surface area contributed by atoms with Crippen molar-refractivity contribution in [1.82, 2.24) is 15.2 Å². The number of aromatic nitrogens is 3. The number of halogens is 1. The molecule has 0 amide bonds. The van der Waals surface area contributed by atoms with Gasteiger partial charge >= 0.3 is 0 Å². The van der Waals surface area contributed by atoms with Crippen LogP contribution in [0.4, 0.5) is 5.69 Å². The lowest BCUT2D eigenvalue weighted by molar-refractivity contribution is 0.833. The Kier molecular flexibility index (Phi) is 4.70. The topological polar surface area (TPSA) is 63.1 Å². The fourth-order valence-corrected chi connectivity index (χ4v) is 1.80. The molecule has 5 nitrogen and oxygen atoms in total. The van der Waals surface area contributed by atoms with Gasteiger partial charge in [0.15, 0.2) is 0 Å².